The number of hydrogen-bond acceptors (Lipinski definition) is 4. The Labute approximate surface area is 136 Å². The van der Waals surface area contributed by atoms with E-state index in [0.29, 0.717) is 19.6 Å². The largest absolute Gasteiger partial charge is 0.336 e. The number of aromatic nitrogens is 2. The van der Waals surface area contributed by atoms with E-state index in [1.807, 2.05) is 52.0 Å². The highest BCUT2D eigenvalue weighted by Crippen LogP contribution is 2.22. The minimum Gasteiger partial charge on any atom is -0.336 e. The van der Waals surface area contributed by atoms with Crippen LogP contribution in [0.4, 0.5) is 4.79 Å². The van der Waals surface area contributed by atoms with Gasteiger partial charge in [0.25, 0.3) is 0 Å². The van der Waals surface area contributed by atoms with E-state index in [1.54, 1.807) is 22.7 Å². The molecule has 0 atom stereocenters. The topological polar surface area (TPSA) is 59.0 Å². The van der Waals surface area contributed by atoms with Crippen LogP contribution in [0, 0.1) is 0 Å². The smallest absolute Gasteiger partial charge is 0.315 e. The molecule has 5 nitrogen and oxygen atoms in total. The molecule has 0 aliphatic heterocycles. The van der Waals surface area contributed by atoms with Crippen molar-refractivity contribution in [2.45, 2.75) is 13.1 Å². The Morgan fingerprint density at radius 1 is 1.14 bits per heavy atom. The van der Waals surface area contributed by atoms with Crippen molar-refractivity contribution in [2.75, 3.05) is 6.54 Å². The molecule has 2 amide bonds. The molecule has 3 aromatic heterocycles. The first-order valence-electron chi connectivity index (χ1n) is 6.93. The lowest BCUT2D eigenvalue weighted by molar-refractivity contribution is 0.240. The molecule has 0 bridgehead atoms. The van der Waals surface area contributed by atoms with Gasteiger partial charge in [0.1, 0.15) is 5.69 Å². The van der Waals surface area contributed by atoms with Crippen molar-refractivity contribution in [2.24, 2.45) is 0 Å². The maximum Gasteiger partial charge on any atom is 0.315 e. The summed E-state index contributed by atoms with van der Waals surface area (Å²) in [6, 6.07) is 9.87. The zero-order valence-corrected chi connectivity index (χ0v) is 13.5. The molecule has 3 aromatic rings. The predicted octanol–water partition coefficient (Wildman–Crippen LogP) is 3.17. The highest BCUT2D eigenvalue weighted by Gasteiger charge is 2.04. The number of nitrogens with one attached hydrogen (secondary N) is 2. The first-order chi connectivity index (χ1) is 10.8. The van der Waals surface area contributed by atoms with Gasteiger partial charge in [-0.3, -0.25) is 4.68 Å². The van der Waals surface area contributed by atoms with E-state index in [9.17, 15) is 4.79 Å². The van der Waals surface area contributed by atoms with Crippen LogP contribution in [-0.2, 0) is 13.1 Å². The Kier molecular flexibility index (Phi) is 4.87. The summed E-state index contributed by atoms with van der Waals surface area (Å²) >= 11 is 3.30. The third kappa shape index (κ3) is 3.96. The number of amides is 2. The molecule has 0 saturated heterocycles. The molecule has 0 radical (unpaired) electrons. The first-order valence-corrected chi connectivity index (χ1v) is 8.68. The lowest BCUT2D eigenvalue weighted by Crippen LogP contribution is -2.36. The Morgan fingerprint density at radius 2 is 2.00 bits per heavy atom. The number of carbonyl (C=O) groups is 1. The molecule has 0 fully saturated rings. The Morgan fingerprint density at radius 3 is 2.77 bits per heavy atom. The number of rotatable bonds is 6. The molecule has 0 unspecified atom stereocenters. The summed E-state index contributed by atoms with van der Waals surface area (Å²) in [6.07, 6.45) is 1.93. The summed E-state index contributed by atoms with van der Waals surface area (Å²) in [5.74, 6) is 0. The average molecular weight is 332 g/mol. The summed E-state index contributed by atoms with van der Waals surface area (Å²) in [4.78, 5) is 14.0. The van der Waals surface area contributed by atoms with Crippen LogP contribution in [0.5, 0.6) is 0 Å². The zero-order valence-electron chi connectivity index (χ0n) is 11.9. The molecule has 0 saturated carbocycles. The first kappa shape index (κ1) is 14.8. The molecule has 0 aliphatic carbocycles. The van der Waals surface area contributed by atoms with E-state index < -0.39 is 0 Å². The summed E-state index contributed by atoms with van der Waals surface area (Å²) in [5.41, 5.74) is 0.970. The van der Waals surface area contributed by atoms with Crippen LogP contribution >= 0.6 is 22.7 Å². The van der Waals surface area contributed by atoms with Crippen LogP contribution < -0.4 is 10.6 Å². The maximum absolute atomic E-state index is 11.7. The average Bonchev–Trinajstić information content (AvgIpc) is 3.26. The van der Waals surface area contributed by atoms with Crippen LogP contribution in [0.2, 0.25) is 0 Å². The van der Waals surface area contributed by atoms with Gasteiger partial charge < -0.3 is 10.6 Å². The standard InChI is InChI=1S/C15H16N4OS2/c20-15(17-11-12-3-1-9-21-12)16-6-8-19-7-5-13(18-19)14-4-2-10-22-14/h1-5,7,9-10H,6,8,11H2,(H2,16,17,20). The van der Waals surface area contributed by atoms with Crippen LogP contribution in [0.1, 0.15) is 4.88 Å². The number of carbonyl (C=O) groups excluding carboxylic acids is 1. The fourth-order valence-corrected chi connectivity index (χ4v) is 3.30. The minimum absolute atomic E-state index is 0.154. The fourth-order valence-electron chi connectivity index (χ4n) is 1.97. The van der Waals surface area contributed by atoms with E-state index in [4.69, 9.17) is 0 Å². The Bertz CT molecular complexity index is 704. The number of nitrogens with zero attached hydrogens (tertiary/aromatic N) is 2. The van der Waals surface area contributed by atoms with Gasteiger partial charge in [-0.25, -0.2) is 4.79 Å². The third-order valence-corrected chi connectivity index (χ3v) is 4.81. The van der Waals surface area contributed by atoms with Gasteiger partial charge >= 0.3 is 6.03 Å². The normalized spacial score (nSPS) is 10.5. The van der Waals surface area contributed by atoms with Gasteiger partial charge in [0.15, 0.2) is 0 Å². The number of thiophene rings is 2. The van der Waals surface area contributed by atoms with Crippen molar-refractivity contribution in [3.63, 3.8) is 0 Å². The quantitative estimate of drug-likeness (QED) is 0.728. The summed E-state index contributed by atoms with van der Waals surface area (Å²) in [6.45, 7) is 1.76. The summed E-state index contributed by atoms with van der Waals surface area (Å²) in [7, 11) is 0. The maximum atomic E-state index is 11.7. The van der Waals surface area contributed by atoms with Crippen LogP contribution in [0.25, 0.3) is 10.6 Å². The van der Waals surface area contributed by atoms with Crippen molar-refractivity contribution in [3.8, 4) is 10.6 Å². The lowest BCUT2D eigenvalue weighted by Gasteiger charge is -2.06. The van der Waals surface area contributed by atoms with Gasteiger partial charge in [0.05, 0.1) is 18.0 Å². The van der Waals surface area contributed by atoms with Gasteiger partial charge in [-0.2, -0.15) is 5.10 Å². The molecule has 0 aromatic carbocycles. The molecule has 3 rings (SSSR count). The van der Waals surface area contributed by atoms with Crippen LogP contribution in [-0.4, -0.2) is 22.4 Å². The highest BCUT2D eigenvalue weighted by atomic mass is 32.1. The van der Waals surface area contributed by atoms with Crippen molar-refractivity contribution < 1.29 is 4.79 Å². The second-order valence-electron chi connectivity index (χ2n) is 4.63. The number of urea groups is 1. The molecule has 3 heterocycles. The minimum atomic E-state index is -0.154. The lowest BCUT2D eigenvalue weighted by atomic mass is 10.3. The molecular formula is C15H16N4OS2. The van der Waals surface area contributed by atoms with Crippen LogP contribution in [0.15, 0.2) is 47.3 Å². The molecule has 114 valence electrons. The van der Waals surface area contributed by atoms with E-state index >= 15 is 0 Å². The monoisotopic (exact) mass is 332 g/mol. The van der Waals surface area contributed by atoms with Gasteiger partial charge in [-0.05, 0) is 29.0 Å². The van der Waals surface area contributed by atoms with Crippen molar-refractivity contribution in [1.82, 2.24) is 20.4 Å². The highest BCUT2D eigenvalue weighted by molar-refractivity contribution is 7.13. The molecule has 0 spiro atoms. The number of hydrogen-bond donors (Lipinski definition) is 2. The second kappa shape index (κ2) is 7.24. The molecular weight excluding hydrogens is 316 g/mol. The molecule has 0 aliphatic rings. The van der Waals surface area contributed by atoms with E-state index in [0.717, 1.165) is 15.4 Å². The summed E-state index contributed by atoms with van der Waals surface area (Å²) < 4.78 is 1.84. The fraction of sp³-hybridized carbons (Fsp3) is 0.200. The van der Waals surface area contributed by atoms with Crippen LogP contribution in [0.3, 0.4) is 0 Å². The third-order valence-electron chi connectivity index (χ3n) is 3.04. The Hall–Kier alpha value is -2.12. The predicted molar refractivity (Wildman–Crippen MR) is 90.1 cm³/mol. The van der Waals surface area contributed by atoms with Crippen molar-refractivity contribution in [3.05, 3.63) is 52.2 Å². The van der Waals surface area contributed by atoms with E-state index in [2.05, 4.69) is 15.7 Å². The van der Waals surface area contributed by atoms with Gasteiger partial charge in [-0.15, -0.1) is 22.7 Å². The van der Waals surface area contributed by atoms with E-state index in [1.165, 1.54) is 0 Å². The summed E-state index contributed by atoms with van der Waals surface area (Å²) in [5, 5.41) is 14.2. The van der Waals surface area contributed by atoms with Crippen molar-refractivity contribution >= 4 is 28.7 Å². The van der Waals surface area contributed by atoms with E-state index in [-0.39, 0.29) is 6.03 Å². The zero-order chi connectivity index (χ0) is 15.2. The van der Waals surface area contributed by atoms with Gasteiger partial charge in [0, 0.05) is 17.6 Å². The van der Waals surface area contributed by atoms with Gasteiger partial charge in [0.2, 0.25) is 0 Å². The molecule has 7 heteroatoms. The van der Waals surface area contributed by atoms with Gasteiger partial charge in [-0.1, -0.05) is 12.1 Å². The SMILES string of the molecule is O=C(NCCn1ccc(-c2cccs2)n1)NCc1cccs1. The molecule has 22 heavy (non-hydrogen) atoms. The second-order valence-corrected chi connectivity index (χ2v) is 6.61. The Balaban J connectivity index is 1.40. The van der Waals surface area contributed by atoms with Crippen molar-refractivity contribution in [1.29, 1.82) is 0 Å². The molecule has 2 N–H and O–H groups in total.